The molecule has 0 aliphatic carbocycles. The highest BCUT2D eigenvalue weighted by Gasteiger charge is 2.19. The SMILES string of the molecule is C=C(C)N=CC(=C\C)/C=C(\F)c1c(C)c(OC)cc(OC)c1Cl. The first-order valence-electron chi connectivity index (χ1n) is 7.00. The summed E-state index contributed by atoms with van der Waals surface area (Å²) in [6.45, 7) is 8.98. The molecule has 0 aromatic heterocycles. The molecule has 0 fully saturated rings. The van der Waals surface area contributed by atoms with Gasteiger partial charge >= 0.3 is 0 Å². The Morgan fingerprint density at radius 3 is 2.39 bits per heavy atom. The average Bonchev–Trinajstić information content (AvgIpc) is 2.51. The zero-order valence-corrected chi connectivity index (χ0v) is 14.8. The minimum absolute atomic E-state index is 0.201. The minimum Gasteiger partial charge on any atom is -0.496 e. The van der Waals surface area contributed by atoms with E-state index in [0.29, 0.717) is 28.3 Å². The van der Waals surface area contributed by atoms with Gasteiger partial charge in [0, 0.05) is 29.1 Å². The number of ether oxygens (including phenoxy) is 2. The number of hydrogen-bond donors (Lipinski definition) is 0. The minimum atomic E-state index is -0.494. The van der Waals surface area contributed by atoms with E-state index in [1.807, 2.05) is 0 Å². The monoisotopic (exact) mass is 337 g/mol. The number of rotatable bonds is 6. The van der Waals surface area contributed by atoms with Gasteiger partial charge in [0.05, 0.1) is 19.2 Å². The van der Waals surface area contributed by atoms with Gasteiger partial charge in [-0.1, -0.05) is 24.3 Å². The lowest BCUT2D eigenvalue weighted by molar-refractivity contribution is 0.392. The van der Waals surface area contributed by atoms with E-state index >= 15 is 0 Å². The van der Waals surface area contributed by atoms with E-state index in [2.05, 4.69) is 11.6 Å². The van der Waals surface area contributed by atoms with Crippen LogP contribution in [0.4, 0.5) is 4.39 Å². The molecule has 0 bridgehead atoms. The number of nitrogens with zero attached hydrogens (tertiary/aromatic N) is 1. The summed E-state index contributed by atoms with van der Waals surface area (Å²) in [6, 6.07) is 1.63. The lowest BCUT2D eigenvalue weighted by atomic mass is 10.0. The maximum absolute atomic E-state index is 14.8. The Balaban J connectivity index is 3.44. The summed E-state index contributed by atoms with van der Waals surface area (Å²) in [4.78, 5) is 4.07. The molecule has 0 atom stereocenters. The van der Waals surface area contributed by atoms with Crippen LogP contribution in [-0.2, 0) is 0 Å². The quantitative estimate of drug-likeness (QED) is 0.505. The first-order chi connectivity index (χ1) is 10.8. The standard InChI is InChI=1S/C18H21ClFNO2/c1-7-13(10-21-11(2)3)8-14(20)17-12(4)15(22-5)9-16(23-6)18(17)19/h7-10H,2H2,1,3-6H3/b13-7-,14-8-,21-10?. The first kappa shape index (κ1) is 19.0. The fourth-order valence-electron chi connectivity index (χ4n) is 1.94. The summed E-state index contributed by atoms with van der Waals surface area (Å²) < 4.78 is 25.2. The third-order valence-corrected chi connectivity index (χ3v) is 3.56. The highest BCUT2D eigenvalue weighted by Crippen LogP contribution is 2.41. The average molecular weight is 338 g/mol. The van der Waals surface area contributed by atoms with Gasteiger partial charge in [-0.15, -0.1) is 0 Å². The smallest absolute Gasteiger partial charge is 0.141 e. The Labute approximate surface area is 141 Å². The van der Waals surface area contributed by atoms with Crippen LogP contribution >= 0.6 is 11.6 Å². The van der Waals surface area contributed by atoms with Crippen molar-refractivity contribution in [3.8, 4) is 11.5 Å². The summed E-state index contributed by atoms with van der Waals surface area (Å²) in [5.41, 5.74) is 2.07. The van der Waals surface area contributed by atoms with Gasteiger partial charge in [0.25, 0.3) is 0 Å². The molecule has 1 rings (SSSR count). The molecule has 0 radical (unpaired) electrons. The Morgan fingerprint density at radius 1 is 1.30 bits per heavy atom. The second kappa shape index (κ2) is 8.53. The van der Waals surface area contributed by atoms with Gasteiger partial charge in [-0.25, -0.2) is 4.39 Å². The van der Waals surface area contributed by atoms with Gasteiger partial charge < -0.3 is 9.47 Å². The largest absolute Gasteiger partial charge is 0.496 e. The molecule has 0 heterocycles. The van der Waals surface area contributed by atoms with Crippen molar-refractivity contribution >= 4 is 23.6 Å². The molecule has 0 spiro atoms. The van der Waals surface area contributed by atoms with Crippen LogP contribution in [0.3, 0.4) is 0 Å². The molecular formula is C18H21ClFNO2. The predicted molar refractivity (Wildman–Crippen MR) is 95.4 cm³/mol. The number of halogens is 2. The Bertz CT molecular complexity index is 663. The van der Waals surface area contributed by atoms with E-state index in [9.17, 15) is 4.39 Å². The number of methoxy groups -OCH3 is 2. The molecule has 5 heteroatoms. The highest BCUT2D eigenvalue weighted by molar-refractivity contribution is 6.34. The van der Waals surface area contributed by atoms with Crippen molar-refractivity contribution in [1.82, 2.24) is 0 Å². The second-order valence-corrected chi connectivity index (χ2v) is 5.25. The van der Waals surface area contributed by atoms with Crippen LogP contribution in [-0.4, -0.2) is 20.4 Å². The molecule has 0 N–H and O–H groups in total. The molecule has 3 nitrogen and oxygen atoms in total. The van der Waals surface area contributed by atoms with Crippen molar-refractivity contribution in [2.24, 2.45) is 4.99 Å². The molecular weight excluding hydrogens is 317 g/mol. The highest BCUT2D eigenvalue weighted by atomic mass is 35.5. The summed E-state index contributed by atoms with van der Waals surface area (Å²) >= 11 is 6.26. The molecule has 0 saturated heterocycles. The van der Waals surface area contributed by atoms with Gasteiger partial charge in [-0.3, -0.25) is 4.99 Å². The second-order valence-electron chi connectivity index (χ2n) is 4.87. The van der Waals surface area contributed by atoms with Crippen LogP contribution < -0.4 is 9.47 Å². The third-order valence-electron chi connectivity index (χ3n) is 3.18. The van der Waals surface area contributed by atoms with E-state index in [0.717, 1.165) is 0 Å². The van der Waals surface area contributed by atoms with Gasteiger partial charge in [0.2, 0.25) is 0 Å². The van der Waals surface area contributed by atoms with E-state index in [1.165, 1.54) is 20.3 Å². The summed E-state index contributed by atoms with van der Waals surface area (Å²) in [6.07, 6.45) is 4.65. The Hall–Kier alpha value is -2.07. The van der Waals surface area contributed by atoms with Crippen molar-refractivity contribution < 1.29 is 13.9 Å². The van der Waals surface area contributed by atoms with Crippen LogP contribution in [0.25, 0.3) is 5.83 Å². The molecule has 0 aliphatic rings. The van der Waals surface area contributed by atoms with Crippen LogP contribution in [0.1, 0.15) is 25.0 Å². The zero-order valence-electron chi connectivity index (χ0n) is 14.0. The number of aliphatic imine (C=N–C) groups is 1. The molecule has 124 valence electrons. The molecule has 23 heavy (non-hydrogen) atoms. The maximum atomic E-state index is 14.8. The molecule has 0 amide bonds. The van der Waals surface area contributed by atoms with E-state index in [-0.39, 0.29) is 10.6 Å². The van der Waals surface area contributed by atoms with Gasteiger partial charge in [-0.05, 0) is 32.4 Å². The van der Waals surface area contributed by atoms with Crippen molar-refractivity contribution in [3.63, 3.8) is 0 Å². The number of benzene rings is 1. The summed E-state index contributed by atoms with van der Waals surface area (Å²) in [5.74, 6) is 0.360. The molecule has 1 aromatic carbocycles. The molecule has 0 unspecified atom stereocenters. The van der Waals surface area contributed by atoms with Crippen molar-refractivity contribution in [2.75, 3.05) is 14.2 Å². The predicted octanol–water partition coefficient (Wildman–Crippen LogP) is 5.53. The Kier molecular flexibility index (Phi) is 7.04. The fourth-order valence-corrected chi connectivity index (χ4v) is 2.31. The van der Waals surface area contributed by atoms with Gasteiger partial charge in [0.1, 0.15) is 17.3 Å². The first-order valence-corrected chi connectivity index (χ1v) is 7.38. The zero-order chi connectivity index (χ0) is 17.6. The van der Waals surface area contributed by atoms with Gasteiger partial charge in [0.15, 0.2) is 0 Å². The fraction of sp³-hybridized carbons (Fsp3) is 0.278. The van der Waals surface area contributed by atoms with Crippen molar-refractivity contribution in [1.29, 1.82) is 0 Å². The van der Waals surface area contributed by atoms with Gasteiger partial charge in [-0.2, -0.15) is 0 Å². The normalized spacial score (nSPS) is 12.7. The maximum Gasteiger partial charge on any atom is 0.141 e. The van der Waals surface area contributed by atoms with Crippen LogP contribution in [0.2, 0.25) is 5.02 Å². The Morgan fingerprint density at radius 2 is 1.91 bits per heavy atom. The topological polar surface area (TPSA) is 30.8 Å². The molecule has 1 aromatic rings. The van der Waals surface area contributed by atoms with Crippen LogP contribution in [0.15, 0.2) is 41.1 Å². The van der Waals surface area contributed by atoms with E-state index in [1.54, 1.807) is 39.1 Å². The number of allylic oxidation sites excluding steroid dienone is 4. The third kappa shape index (κ3) is 4.70. The van der Waals surface area contributed by atoms with Crippen LogP contribution in [0, 0.1) is 6.92 Å². The lowest BCUT2D eigenvalue weighted by Crippen LogP contribution is -1.97. The molecule has 0 saturated carbocycles. The van der Waals surface area contributed by atoms with E-state index < -0.39 is 5.83 Å². The van der Waals surface area contributed by atoms with Crippen molar-refractivity contribution in [2.45, 2.75) is 20.8 Å². The van der Waals surface area contributed by atoms with Crippen molar-refractivity contribution in [3.05, 3.63) is 52.2 Å². The van der Waals surface area contributed by atoms with Crippen LogP contribution in [0.5, 0.6) is 11.5 Å². The summed E-state index contributed by atoms with van der Waals surface area (Å²) in [7, 11) is 2.98. The molecule has 0 aliphatic heterocycles. The van der Waals surface area contributed by atoms with E-state index in [4.69, 9.17) is 21.1 Å². The summed E-state index contributed by atoms with van der Waals surface area (Å²) in [5, 5.41) is 0.201. The lowest BCUT2D eigenvalue weighted by Gasteiger charge is -2.14. The number of hydrogen-bond acceptors (Lipinski definition) is 3.